The molecule has 0 saturated carbocycles. The van der Waals surface area contributed by atoms with Gasteiger partial charge in [0.2, 0.25) is 23.9 Å². The molecule has 0 aliphatic carbocycles. The van der Waals surface area contributed by atoms with Gasteiger partial charge >= 0.3 is 5.97 Å². The van der Waals surface area contributed by atoms with Crippen LogP contribution >= 0.6 is 0 Å². The van der Waals surface area contributed by atoms with Crippen LogP contribution in [0.5, 0.6) is 5.75 Å². The van der Waals surface area contributed by atoms with Gasteiger partial charge in [0, 0.05) is 52.2 Å². The fraction of sp³-hybridized carbons (Fsp3) is 0.622. The zero-order chi connectivity index (χ0) is 50.4. The molecule has 2 heterocycles. The number of hydrogen-bond donors (Lipinski definition) is 1. The molecule has 25 heteroatoms. The number of benzene rings is 1. The molecule has 70 heavy (non-hydrogen) atoms. The van der Waals surface area contributed by atoms with E-state index >= 15 is 0 Å². The SMILES string of the molecule is CCCN(OCC[N+](=O)C/N=C/COCCOCCOCCOCCOCCOCCOCCOCCOCCOCCC(=O)Oc1c(F)c(F)cc(F)c1F)C(=O)C1=Cc2ccncc2N=C(N)C1. The third-order valence-electron chi connectivity index (χ3n) is 8.96. The third kappa shape index (κ3) is 26.3. The molecule has 21 nitrogen and oxygen atoms in total. The summed E-state index contributed by atoms with van der Waals surface area (Å²) in [4.78, 5) is 55.3. The molecular formula is C45H65F4N6O15+. The summed E-state index contributed by atoms with van der Waals surface area (Å²) in [7, 11) is 0. The Morgan fingerprint density at radius 2 is 1.21 bits per heavy atom. The van der Waals surface area contributed by atoms with E-state index in [0.717, 1.165) is 10.3 Å². The van der Waals surface area contributed by atoms with Crippen molar-refractivity contribution in [2.75, 3.05) is 159 Å². The molecule has 0 radical (unpaired) electrons. The standard InChI is InChI=1S/C45H64F4N6O15/c1-2-7-55(45(57)36-30-35-3-5-51-33-39(35)53-40(50)31-36)69-11-8-54(58)34-52-6-10-60-13-15-62-17-19-64-21-23-66-25-27-68-29-28-67-26-24-65-22-20-63-18-16-61-14-12-59-9-4-41(56)70-44-42(48)37(46)32-38(47)43(44)49/h3,5-6,30,32-33H,2,4,7-29,31,34H2,1H3,(H-,50,53,57)/p+1/b52-6+. The summed E-state index contributed by atoms with van der Waals surface area (Å²) in [6.07, 6.45) is 6.85. The summed E-state index contributed by atoms with van der Waals surface area (Å²) in [5.74, 6) is -9.58. The highest BCUT2D eigenvalue weighted by atomic mass is 19.2. The fourth-order valence-electron chi connectivity index (χ4n) is 5.57. The number of hydrogen-bond acceptors (Lipinski definition) is 19. The zero-order valence-electron chi connectivity index (χ0n) is 39.5. The predicted molar refractivity (Wildman–Crippen MR) is 243 cm³/mol. The number of amidine groups is 1. The van der Waals surface area contributed by atoms with Crippen molar-refractivity contribution in [2.45, 2.75) is 26.2 Å². The summed E-state index contributed by atoms with van der Waals surface area (Å²) in [6, 6.07) is 1.77. The molecule has 0 fully saturated rings. The number of aromatic nitrogens is 1. The minimum atomic E-state index is -1.80. The number of carbonyl (C=O) groups excluding carboxylic acids is 2. The molecular weight excluding hydrogens is 941 g/mol. The van der Waals surface area contributed by atoms with E-state index in [1.807, 2.05) is 6.92 Å². The molecule has 3 rings (SSSR count). The van der Waals surface area contributed by atoms with Crippen LogP contribution in [0.1, 0.15) is 31.7 Å². The Labute approximate surface area is 404 Å². The van der Waals surface area contributed by atoms with Gasteiger partial charge in [0.25, 0.3) is 12.6 Å². The van der Waals surface area contributed by atoms with Crippen molar-refractivity contribution in [3.63, 3.8) is 0 Å². The lowest BCUT2D eigenvalue weighted by Crippen LogP contribution is -2.35. The van der Waals surface area contributed by atoms with E-state index in [4.69, 9.17) is 57.9 Å². The maximum atomic E-state index is 13.6. The van der Waals surface area contributed by atoms with Crippen LogP contribution in [0.15, 0.2) is 40.1 Å². The molecule has 1 amide bonds. The molecule has 1 aromatic heterocycles. The topological polar surface area (TPSA) is 232 Å². The van der Waals surface area contributed by atoms with Gasteiger partial charge < -0.3 is 57.8 Å². The van der Waals surface area contributed by atoms with Gasteiger partial charge in [-0.2, -0.15) is 8.78 Å². The van der Waals surface area contributed by atoms with Crippen molar-refractivity contribution in [1.82, 2.24) is 10.0 Å². The molecule has 1 aromatic carbocycles. The van der Waals surface area contributed by atoms with E-state index in [-0.39, 0.29) is 71.2 Å². The maximum absolute atomic E-state index is 13.6. The Kier molecular flexibility index (Phi) is 32.1. The van der Waals surface area contributed by atoms with Crippen molar-refractivity contribution >= 4 is 35.7 Å². The highest BCUT2D eigenvalue weighted by Gasteiger charge is 2.24. The van der Waals surface area contributed by atoms with Crippen LogP contribution in [0.3, 0.4) is 0 Å². The van der Waals surface area contributed by atoms with Crippen molar-refractivity contribution in [1.29, 1.82) is 0 Å². The number of pyridine rings is 1. The van der Waals surface area contributed by atoms with Crippen LogP contribution in [-0.4, -0.2) is 197 Å². The van der Waals surface area contributed by atoms with E-state index in [0.29, 0.717) is 129 Å². The summed E-state index contributed by atoms with van der Waals surface area (Å²) in [5, 5.41) is 1.25. The van der Waals surface area contributed by atoms with Gasteiger partial charge in [0.15, 0.2) is 11.6 Å². The van der Waals surface area contributed by atoms with Gasteiger partial charge in [-0.1, -0.05) is 6.92 Å². The van der Waals surface area contributed by atoms with E-state index in [9.17, 15) is 32.1 Å². The number of nitroso groups, excluding NO2 is 1. The first kappa shape index (κ1) is 59.4. The first-order valence-corrected chi connectivity index (χ1v) is 22.7. The second-order valence-corrected chi connectivity index (χ2v) is 14.4. The van der Waals surface area contributed by atoms with Gasteiger partial charge in [0.05, 0.1) is 150 Å². The van der Waals surface area contributed by atoms with Crippen molar-refractivity contribution in [2.24, 2.45) is 15.7 Å². The van der Waals surface area contributed by atoms with Gasteiger partial charge in [0.1, 0.15) is 12.4 Å². The van der Waals surface area contributed by atoms with E-state index < -0.39 is 41.4 Å². The molecule has 1 aliphatic rings. The second kappa shape index (κ2) is 37.8. The number of ether oxygens (including phenoxy) is 11. The maximum Gasteiger partial charge on any atom is 0.313 e. The predicted octanol–water partition coefficient (Wildman–Crippen LogP) is 3.55. The van der Waals surface area contributed by atoms with Gasteiger partial charge in [-0.25, -0.2) is 23.8 Å². The number of rotatable bonds is 42. The van der Waals surface area contributed by atoms with Crippen LogP contribution in [0, 0.1) is 28.2 Å². The summed E-state index contributed by atoms with van der Waals surface area (Å²) >= 11 is 0. The summed E-state index contributed by atoms with van der Waals surface area (Å²) in [5.41, 5.74) is 7.78. The van der Waals surface area contributed by atoms with E-state index in [1.165, 1.54) is 11.3 Å². The molecule has 1 aliphatic heterocycles. The van der Waals surface area contributed by atoms with Crippen LogP contribution in [-0.2, 0) is 61.8 Å². The summed E-state index contributed by atoms with van der Waals surface area (Å²) < 4.78 is 113. The summed E-state index contributed by atoms with van der Waals surface area (Å²) in [6.45, 7) is 8.66. The van der Waals surface area contributed by atoms with Crippen LogP contribution in [0.25, 0.3) is 6.08 Å². The van der Waals surface area contributed by atoms with Crippen molar-refractivity contribution in [3.8, 4) is 5.75 Å². The smallest absolute Gasteiger partial charge is 0.313 e. The largest absolute Gasteiger partial charge is 0.420 e. The molecule has 2 aromatic rings. The average molecular weight is 1010 g/mol. The third-order valence-corrected chi connectivity index (χ3v) is 8.96. The fourth-order valence-corrected chi connectivity index (χ4v) is 5.57. The lowest BCUT2D eigenvalue weighted by atomic mass is 10.1. The Morgan fingerprint density at radius 3 is 1.71 bits per heavy atom. The van der Waals surface area contributed by atoms with Crippen molar-refractivity contribution in [3.05, 3.63) is 63.8 Å². The van der Waals surface area contributed by atoms with Gasteiger partial charge in [-0.05, 0) is 18.6 Å². The molecule has 0 unspecified atom stereocenters. The number of amides is 1. The van der Waals surface area contributed by atoms with Crippen molar-refractivity contribution < 1.29 is 88.9 Å². The number of aliphatic imine (C=N–C) groups is 2. The molecule has 0 saturated heterocycles. The quantitative estimate of drug-likeness (QED) is 0.0146. The lowest BCUT2D eigenvalue weighted by molar-refractivity contribution is -0.551. The number of halogens is 4. The molecule has 392 valence electrons. The van der Waals surface area contributed by atoms with Crippen LogP contribution < -0.4 is 10.5 Å². The lowest BCUT2D eigenvalue weighted by Gasteiger charge is -2.21. The van der Waals surface area contributed by atoms with Gasteiger partial charge in [-0.15, -0.1) is 0 Å². The highest BCUT2D eigenvalue weighted by molar-refractivity contribution is 6.05. The Balaban J connectivity index is 0.983. The van der Waals surface area contributed by atoms with Crippen LogP contribution in [0.2, 0.25) is 0 Å². The number of fused-ring (bicyclic) bond motifs is 1. The normalized spacial score (nSPS) is 12.5. The second-order valence-electron chi connectivity index (χ2n) is 14.4. The number of carbonyl (C=O) groups is 2. The number of hydroxylamine groups is 2. The minimum Gasteiger partial charge on any atom is -0.420 e. The molecule has 0 bridgehead atoms. The monoisotopic (exact) mass is 1010 g/mol. The Bertz CT molecular complexity index is 1890. The zero-order valence-corrected chi connectivity index (χ0v) is 39.5. The van der Waals surface area contributed by atoms with Gasteiger partial charge in [-0.3, -0.25) is 19.4 Å². The Morgan fingerprint density at radius 1 is 0.729 bits per heavy atom. The molecule has 0 spiro atoms. The van der Waals surface area contributed by atoms with Crippen LogP contribution in [0.4, 0.5) is 23.2 Å². The number of nitrogens with two attached hydrogens (primary N) is 1. The van der Waals surface area contributed by atoms with E-state index in [1.54, 1.807) is 24.5 Å². The molecule has 2 N–H and O–H groups in total. The minimum absolute atomic E-state index is 0.00349. The number of nitrogens with zero attached hydrogens (tertiary/aromatic N) is 5. The van der Waals surface area contributed by atoms with E-state index in [2.05, 4.69) is 19.7 Å². The first-order valence-electron chi connectivity index (χ1n) is 22.7. The number of esters is 1. The molecule has 0 atom stereocenters. The average Bonchev–Trinajstić information content (AvgIpc) is 3.52. The first-order chi connectivity index (χ1) is 34.1. The Hall–Kier alpha value is -4.93. The highest BCUT2D eigenvalue weighted by Crippen LogP contribution is 2.27.